The number of ether oxygens (including phenoxy) is 1. The summed E-state index contributed by atoms with van der Waals surface area (Å²) < 4.78 is 5.18. The van der Waals surface area contributed by atoms with Crippen LogP contribution >= 0.6 is 0 Å². The molecule has 3 heteroatoms. The monoisotopic (exact) mass is 269 g/mol. The van der Waals surface area contributed by atoms with Crippen molar-refractivity contribution in [2.24, 2.45) is 5.16 Å². The van der Waals surface area contributed by atoms with Crippen molar-refractivity contribution in [3.63, 3.8) is 0 Å². The quantitative estimate of drug-likeness (QED) is 0.593. The molecule has 0 amide bonds. The van der Waals surface area contributed by atoms with E-state index < -0.39 is 0 Å². The van der Waals surface area contributed by atoms with Crippen molar-refractivity contribution in [2.75, 3.05) is 13.7 Å². The zero-order valence-electron chi connectivity index (χ0n) is 11.9. The Hall–Kier alpha value is -2.13. The van der Waals surface area contributed by atoms with Crippen LogP contribution in [0, 0.1) is 6.92 Å². The van der Waals surface area contributed by atoms with E-state index in [1.54, 1.807) is 7.11 Å². The average molecular weight is 269 g/mol. The fourth-order valence-electron chi connectivity index (χ4n) is 1.80. The molecule has 0 radical (unpaired) electrons. The Morgan fingerprint density at radius 1 is 1.00 bits per heavy atom. The first-order chi connectivity index (χ1) is 9.79. The van der Waals surface area contributed by atoms with Crippen molar-refractivity contribution in [3.05, 3.63) is 71.3 Å². The molecule has 0 unspecified atom stereocenters. The maximum Gasteiger partial charge on any atom is 0.142 e. The van der Waals surface area contributed by atoms with Gasteiger partial charge in [0.05, 0.1) is 6.61 Å². The van der Waals surface area contributed by atoms with Crippen LogP contribution in [0.3, 0.4) is 0 Å². The number of benzene rings is 2. The van der Waals surface area contributed by atoms with E-state index in [1.807, 2.05) is 42.5 Å². The molecule has 0 N–H and O–H groups in total. The number of nitrogens with zero attached hydrogens (tertiary/aromatic N) is 1. The van der Waals surface area contributed by atoms with Crippen molar-refractivity contribution in [2.45, 2.75) is 13.5 Å². The summed E-state index contributed by atoms with van der Waals surface area (Å²) in [6.07, 6.45) is 0. The Labute approximate surface area is 119 Å². The van der Waals surface area contributed by atoms with E-state index in [1.165, 1.54) is 5.56 Å². The van der Waals surface area contributed by atoms with E-state index >= 15 is 0 Å². The number of hydrogen-bond donors (Lipinski definition) is 0. The maximum atomic E-state index is 5.43. The fraction of sp³-hybridized carbons (Fsp3) is 0.235. The SMILES string of the molecule is COCC(=NOCc1ccccc1)c1ccc(C)cc1. The third kappa shape index (κ3) is 4.21. The van der Waals surface area contributed by atoms with E-state index in [0.29, 0.717) is 13.2 Å². The molecule has 0 heterocycles. The summed E-state index contributed by atoms with van der Waals surface area (Å²) >= 11 is 0. The van der Waals surface area contributed by atoms with Crippen LogP contribution in [0.2, 0.25) is 0 Å². The lowest BCUT2D eigenvalue weighted by molar-refractivity contribution is 0.127. The lowest BCUT2D eigenvalue weighted by Gasteiger charge is -2.07. The van der Waals surface area contributed by atoms with E-state index in [-0.39, 0.29) is 0 Å². The molecule has 0 aliphatic rings. The summed E-state index contributed by atoms with van der Waals surface area (Å²) in [4.78, 5) is 5.43. The molecule has 2 rings (SSSR count). The molecule has 0 saturated carbocycles. The fourth-order valence-corrected chi connectivity index (χ4v) is 1.80. The van der Waals surface area contributed by atoms with Crippen LogP contribution in [0.25, 0.3) is 0 Å². The van der Waals surface area contributed by atoms with Crippen LogP contribution in [-0.4, -0.2) is 19.4 Å². The summed E-state index contributed by atoms with van der Waals surface area (Å²) in [6, 6.07) is 18.1. The highest BCUT2D eigenvalue weighted by atomic mass is 16.6. The van der Waals surface area contributed by atoms with Crippen LogP contribution in [0.4, 0.5) is 0 Å². The van der Waals surface area contributed by atoms with Gasteiger partial charge in [0, 0.05) is 12.7 Å². The number of methoxy groups -OCH3 is 1. The minimum absolute atomic E-state index is 0.428. The second-order valence-corrected chi connectivity index (χ2v) is 4.60. The smallest absolute Gasteiger partial charge is 0.142 e. The molecule has 0 aliphatic heterocycles. The molecule has 104 valence electrons. The van der Waals surface area contributed by atoms with Crippen molar-refractivity contribution >= 4 is 5.71 Å². The van der Waals surface area contributed by atoms with Gasteiger partial charge in [0.1, 0.15) is 12.3 Å². The van der Waals surface area contributed by atoms with Crippen LogP contribution in [0.15, 0.2) is 59.8 Å². The normalized spacial score (nSPS) is 11.4. The molecule has 3 nitrogen and oxygen atoms in total. The minimum atomic E-state index is 0.428. The summed E-state index contributed by atoms with van der Waals surface area (Å²) in [5, 5.41) is 4.20. The Morgan fingerprint density at radius 3 is 2.35 bits per heavy atom. The van der Waals surface area contributed by atoms with Gasteiger partial charge in [-0.1, -0.05) is 65.3 Å². The molecular formula is C17H19NO2. The van der Waals surface area contributed by atoms with E-state index in [9.17, 15) is 0 Å². The number of rotatable bonds is 6. The third-order valence-corrected chi connectivity index (χ3v) is 2.91. The molecule has 20 heavy (non-hydrogen) atoms. The van der Waals surface area contributed by atoms with Crippen LogP contribution in [0.5, 0.6) is 0 Å². The summed E-state index contributed by atoms with van der Waals surface area (Å²) in [6.45, 7) is 2.95. The van der Waals surface area contributed by atoms with Gasteiger partial charge in [0.2, 0.25) is 0 Å². The van der Waals surface area contributed by atoms with Gasteiger partial charge in [-0.2, -0.15) is 0 Å². The number of hydrogen-bond acceptors (Lipinski definition) is 3. The van der Waals surface area contributed by atoms with E-state index in [4.69, 9.17) is 9.57 Å². The van der Waals surface area contributed by atoms with E-state index in [0.717, 1.165) is 16.8 Å². The lowest BCUT2D eigenvalue weighted by Crippen LogP contribution is -2.09. The second-order valence-electron chi connectivity index (χ2n) is 4.60. The van der Waals surface area contributed by atoms with Gasteiger partial charge in [0.25, 0.3) is 0 Å². The number of oxime groups is 1. The molecule has 0 aromatic heterocycles. The molecule has 2 aromatic carbocycles. The topological polar surface area (TPSA) is 30.8 Å². The minimum Gasteiger partial charge on any atom is -0.391 e. The summed E-state index contributed by atoms with van der Waals surface area (Å²) in [5.74, 6) is 0. The van der Waals surface area contributed by atoms with E-state index in [2.05, 4.69) is 24.2 Å². The Kier molecular flexibility index (Phi) is 5.33. The third-order valence-electron chi connectivity index (χ3n) is 2.91. The Bertz CT molecular complexity index is 547. The van der Waals surface area contributed by atoms with Crippen molar-refractivity contribution in [3.8, 4) is 0 Å². The van der Waals surface area contributed by atoms with Gasteiger partial charge in [-0.25, -0.2) is 0 Å². The molecule has 0 aliphatic carbocycles. The first-order valence-corrected chi connectivity index (χ1v) is 6.58. The first-order valence-electron chi connectivity index (χ1n) is 6.58. The van der Waals surface area contributed by atoms with Gasteiger partial charge in [0.15, 0.2) is 0 Å². The lowest BCUT2D eigenvalue weighted by atomic mass is 10.1. The number of aryl methyl sites for hydroxylation is 1. The molecule has 0 spiro atoms. The van der Waals surface area contributed by atoms with Gasteiger partial charge >= 0.3 is 0 Å². The largest absolute Gasteiger partial charge is 0.391 e. The van der Waals surface area contributed by atoms with Crippen molar-refractivity contribution in [1.29, 1.82) is 0 Å². The molecule has 0 saturated heterocycles. The standard InChI is InChI=1S/C17H19NO2/c1-14-8-10-16(11-9-14)17(13-19-2)18-20-12-15-6-4-3-5-7-15/h3-11H,12-13H2,1-2H3. The average Bonchev–Trinajstić information content (AvgIpc) is 2.48. The second kappa shape index (κ2) is 7.46. The summed E-state index contributed by atoms with van der Waals surface area (Å²) in [7, 11) is 1.65. The van der Waals surface area contributed by atoms with Gasteiger partial charge < -0.3 is 9.57 Å². The van der Waals surface area contributed by atoms with Gasteiger partial charge in [-0.3, -0.25) is 0 Å². The highest BCUT2D eigenvalue weighted by molar-refractivity contribution is 6.01. The highest BCUT2D eigenvalue weighted by Gasteiger charge is 2.04. The zero-order valence-corrected chi connectivity index (χ0v) is 11.9. The summed E-state index contributed by atoms with van der Waals surface area (Å²) in [5.41, 5.74) is 4.13. The molecule has 0 atom stereocenters. The Morgan fingerprint density at radius 2 is 1.70 bits per heavy atom. The van der Waals surface area contributed by atoms with Crippen molar-refractivity contribution < 1.29 is 9.57 Å². The Balaban J connectivity index is 2.04. The molecule has 0 fully saturated rings. The van der Waals surface area contributed by atoms with Gasteiger partial charge in [-0.15, -0.1) is 0 Å². The predicted molar refractivity (Wildman–Crippen MR) is 80.8 cm³/mol. The first kappa shape index (κ1) is 14.3. The van der Waals surface area contributed by atoms with Crippen LogP contribution in [0.1, 0.15) is 16.7 Å². The molecular weight excluding hydrogens is 250 g/mol. The van der Waals surface area contributed by atoms with Gasteiger partial charge in [-0.05, 0) is 12.5 Å². The predicted octanol–water partition coefficient (Wildman–Crippen LogP) is 3.56. The molecule has 0 bridgehead atoms. The van der Waals surface area contributed by atoms with Crippen molar-refractivity contribution in [1.82, 2.24) is 0 Å². The van der Waals surface area contributed by atoms with Crippen LogP contribution in [-0.2, 0) is 16.2 Å². The maximum absolute atomic E-state index is 5.43. The molecule has 2 aromatic rings. The zero-order chi connectivity index (χ0) is 14.2. The van der Waals surface area contributed by atoms with Crippen LogP contribution < -0.4 is 0 Å². The highest BCUT2D eigenvalue weighted by Crippen LogP contribution is 2.07.